The van der Waals surface area contributed by atoms with E-state index < -0.39 is 5.56 Å². The third kappa shape index (κ3) is 1.02. The first-order chi connectivity index (χ1) is 6.74. The molecule has 0 aliphatic heterocycles. The summed E-state index contributed by atoms with van der Waals surface area (Å²) in [4.78, 5) is 17.5. The van der Waals surface area contributed by atoms with Crippen LogP contribution in [0.1, 0.15) is 5.56 Å². The predicted octanol–water partition coefficient (Wildman–Crippen LogP) is 0.500. The number of rotatable bonds is 0. The van der Waals surface area contributed by atoms with Crippen molar-refractivity contribution in [2.24, 2.45) is 0 Å². The molecule has 0 aromatic carbocycles. The van der Waals surface area contributed by atoms with E-state index in [1.807, 2.05) is 0 Å². The van der Waals surface area contributed by atoms with E-state index in [9.17, 15) is 9.90 Å². The Balaban J connectivity index is 3.02. The molecule has 0 fully saturated rings. The number of nitrogens with one attached hydrogen (secondary N) is 1. The van der Waals surface area contributed by atoms with Gasteiger partial charge >= 0.3 is 0 Å². The molecule has 68 valence electrons. The summed E-state index contributed by atoms with van der Waals surface area (Å²) < 4.78 is 0. The number of fused-ring (bicyclic) bond motifs is 1. The Kier molecular flexibility index (Phi) is 1.68. The van der Waals surface area contributed by atoms with Crippen molar-refractivity contribution in [2.75, 3.05) is 0 Å². The maximum absolute atomic E-state index is 11.2. The van der Waals surface area contributed by atoms with Gasteiger partial charge in [0.05, 0.1) is 5.52 Å². The molecular formula is C9H5N3O2. The van der Waals surface area contributed by atoms with Crippen molar-refractivity contribution >= 4 is 11.0 Å². The van der Waals surface area contributed by atoms with Crippen LogP contribution in [0, 0.1) is 11.3 Å². The van der Waals surface area contributed by atoms with Gasteiger partial charge in [-0.05, 0) is 12.1 Å². The number of aromatic amines is 1. The Bertz CT molecular complexity index is 595. The Morgan fingerprint density at radius 1 is 1.57 bits per heavy atom. The average Bonchev–Trinajstić information content (AvgIpc) is 2.18. The second-order valence-corrected chi connectivity index (χ2v) is 2.69. The number of H-pyrrole nitrogens is 1. The van der Waals surface area contributed by atoms with Crippen molar-refractivity contribution in [1.29, 1.82) is 5.26 Å². The van der Waals surface area contributed by atoms with Gasteiger partial charge in [0.15, 0.2) is 11.3 Å². The molecule has 0 atom stereocenters. The summed E-state index contributed by atoms with van der Waals surface area (Å²) >= 11 is 0. The summed E-state index contributed by atoms with van der Waals surface area (Å²) in [5, 5.41) is 18.1. The van der Waals surface area contributed by atoms with Gasteiger partial charge in [0.25, 0.3) is 5.56 Å². The van der Waals surface area contributed by atoms with Crippen LogP contribution in [0.4, 0.5) is 0 Å². The topological polar surface area (TPSA) is 89.8 Å². The largest absolute Gasteiger partial charge is 0.504 e. The van der Waals surface area contributed by atoms with Crippen LogP contribution in [0.25, 0.3) is 11.0 Å². The molecule has 2 heterocycles. The van der Waals surface area contributed by atoms with Crippen molar-refractivity contribution in [3.63, 3.8) is 0 Å². The molecule has 5 heteroatoms. The number of aromatic hydroxyl groups is 1. The van der Waals surface area contributed by atoms with Crippen LogP contribution >= 0.6 is 0 Å². The summed E-state index contributed by atoms with van der Waals surface area (Å²) in [5.74, 6) is -0.369. The molecular weight excluding hydrogens is 182 g/mol. The highest BCUT2D eigenvalue weighted by atomic mass is 16.3. The van der Waals surface area contributed by atoms with E-state index in [0.29, 0.717) is 5.52 Å². The van der Waals surface area contributed by atoms with E-state index in [4.69, 9.17) is 5.26 Å². The number of pyridine rings is 2. The lowest BCUT2D eigenvalue weighted by Gasteiger charge is -1.99. The maximum atomic E-state index is 11.2. The monoisotopic (exact) mass is 187 g/mol. The molecule has 0 saturated carbocycles. The van der Waals surface area contributed by atoms with E-state index in [-0.39, 0.29) is 16.8 Å². The summed E-state index contributed by atoms with van der Waals surface area (Å²) in [6.07, 6.45) is 1.47. The van der Waals surface area contributed by atoms with Gasteiger partial charge in [0.1, 0.15) is 11.6 Å². The fraction of sp³-hybridized carbons (Fsp3) is 0. The van der Waals surface area contributed by atoms with Crippen molar-refractivity contribution in [3.05, 3.63) is 34.2 Å². The molecule has 2 aromatic rings. The zero-order valence-electron chi connectivity index (χ0n) is 6.98. The highest BCUT2D eigenvalue weighted by Gasteiger charge is 2.11. The van der Waals surface area contributed by atoms with Gasteiger partial charge in [-0.15, -0.1) is 0 Å². The van der Waals surface area contributed by atoms with Gasteiger partial charge in [-0.1, -0.05) is 0 Å². The summed E-state index contributed by atoms with van der Waals surface area (Å²) in [6.45, 7) is 0. The molecule has 0 aliphatic rings. The van der Waals surface area contributed by atoms with E-state index in [1.165, 1.54) is 6.20 Å². The van der Waals surface area contributed by atoms with Crippen LogP contribution < -0.4 is 5.56 Å². The fourth-order valence-corrected chi connectivity index (χ4v) is 1.21. The van der Waals surface area contributed by atoms with Crippen LogP contribution in [-0.4, -0.2) is 15.1 Å². The Hall–Kier alpha value is -2.35. The molecule has 2 N–H and O–H groups in total. The molecule has 0 bridgehead atoms. The van der Waals surface area contributed by atoms with E-state index >= 15 is 0 Å². The lowest BCUT2D eigenvalue weighted by Crippen LogP contribution is -2.10. The molecule has 2 rings (SSSR count). The minimum absolute atomic E-state index is 0.226. The second-order valence-electron chi connectivity index (χ2n) is 2.69. The third-order valence-electron chi connectivity index (χ3n) is 1.86. The zero-order valence-corrected chi connectivity index (χ0v) is 6.98. The highest BCUT2D eigenvalue weighted by Crippen LogP contribution is 2.20. The Morgan fingerprint density at radius 3 is 3.07 bits per heavy atom. The van der Waals surface area contributed by atoms with Crippen LogP contribution in [0.15, 0.2) is 23.1 Å². The van der Waals surface area contributed by atoms with Crippen molar-refractivity contribution in [2.45, 2.75) is 0 Å². The molecule has 14 heavy (non-hydrogen) atoms. The van der Waals surface area contributed by atoms with Gasteiger partial charge in [0, 0.05) is 6.20 Å². The first-order valence-electron chi connectivity index (χ1n) is 3.84. The van der Waals surface area contributed by atoms with Gasteiger partial charge in [-0.2, -0.15) is 5.26 Å². The number of aromatic nitrogens is 2. The molecule has 0 saturated heterocycles. The fourth-order valence-electron chi connectivity index (χ4n) is 1.21. The average molecular weight is 187 g/mol. The molecule has 2 aromatic heterocycles. The SMILES string of the molecule is N#Cc1c(O)c2ncccc2[nH]c1=O. The number of nitriles is 1. The van der Waals surface area contributed by atoms with Crippen LogP contribution in [0.5, 0.6) is 5.75 Å². The standard InChI is InChI=1S/C9H5N3O2/c10-4-5-8(13)7-6(12-9(5)14)2-1-3-11-7/h1-3H,(H2,12,13,14). The van der Waals surface area contributed by atoms with Gasteiger partial charge in [-0.3, -0.25) is 9.78 Å². The van der Waals surface area contributed by atoms with Crippen molar-refractivity contribution < 1.29 is 5.11 Å². The van der Waals surface area contributed by atoms with Crippen LogP contribution in [0.3, 0.4) is 0 Å². The van der Waals surface area contributed by atoms with Gasteiger partial charge in [-0.25, -0.2) is 0 Å². The molecule has 0 radical (unpaired) electrons. The normalized spacial score (nSPS) is 9.93. The zero-order chi connectivity index (χ0) is 10.1. The summed E-state index contributed by atoms with van der Waals surface area (Å²) in [6, 6.07) is 4.85. The minimum Gasteiger partial charge on any atom is -0.504 e. The first-order valence-corrected chi connectivity index (χ1v) is 3.84. The van der Waals surface area contributed by atoms with E-state index in [1.54, 1.807) is 18.2 Å². The van der Waals surface area contributed by atoms with Crippen LogP contribution in [0.2, 0.25) is 0 Å². The predicted molar refractivity (Wildman–Crippen MR) is 48.7 cm³/mol. The highest BCUT2D eigenvalue weighted by molar-refractivity contribution is 5.82. The lowest BCUT2D eigenvalue weighted by molar-refractivity contribution is 0.477. The molecule has 5 nitrogen and oxygen atoms in total. The molecule has 0 unspecified atom stereocenters. The first kappa shape index (κ1) is 8.26. The maximum Gasteiger partial charge on any atom is 0.270 e. The smallest absolute Gasteiger partial charge is 0.270 e. The molecule has 0 spiro atoms. The second kappa shape index (κ2) is 2.85. The molecule has 0 amide bonds. The quantitative estimate of drug-likeness (QED) is 0.628. The minimum atomic E-state index is -0.606. The van der Waals surface area contributed by atoms with Gasteiger partial charge in [0.2, 0.25) is 0 Å². The van der Waals surface area contributed by atoms with Crippen LogP contribution in [-0.2, 0) is 0 Å². The van der Waals surface area contributed by atoms with Crippen molar-refractivity contribution in [1.82, 2.24) is 9.97 Å². The summed E-state index contributed by atoms with van der Waals surface area (Å²) in [7, 11) is 0. The number of hydrogen-bond donors (Lipinski definition) is 2. The Morgan fingerprint density at radius 2 is 2.36 bits per heavy atom. The Labute approximate surface area is 78.3 Å². The van der Waals surface area contributed by atoms with Crippen molar-refractivity contribution in [3.8, 4) is 11.8 Å². The molecule has 0 aliphatic carbocycles. The van der Waals surface area contributed by atoms with E-state index in [2.05, 4.69) is 9.97 Å². The lowest BCUT2D eigenvalue weighted by atomic mass is 10.2. The number of hydrogen-bond acceptors (Lipinski definition) is 4. The number of nitrogens with zero attached hydrogens (tertiary/aromatic N) is 2. The van der Waals surface area contributed by atoms with E-state index in [0.717, 1.165) is 0 Å². The van der Waals surface area contributed by atoms with Gasteiger partial charge < -0.3 is 10.1 Å². The summed E-state index contributed by atoms with van der Waals surface area (Å²) in [5.41, 5.74) is -0.278. The third-order valence-corrected chi connectivity index (χ3v) is 1.86.